The molecular weight excluding hydrogens is 342 g/mol. The maximum atomic E-state index is 12.0. The molecular formula is C15H15N7O4. The van der Waals surface area contributed by atoms with E-state index >= 15 is 0 Å². The van der Waals surface area contributed by atoms with Crippen molar-refractivity contribution in [3.8, 4) is 0 Å². The molecule has 0 atom stereocenters. The summed E-state index contributed by atoms with van der Waals surface area (Å²) in [4.78, 5) is 40.3. The highest BCUT2D eigenvalue weighted by atomic mass is 16.6. The average molecular weight is 357 g/mol. The molecule has 11 heteroatoms. The molecule has 0 bridgehead atoms. The molecule has 2 N–H and O–H groups in total. The Labute approximate surface area is 145 Å². The lowest BCUT2D eigenvalue weighted by Crippen LogP contribution is -2.29. The second kappa shape index (κ2) is 6.27. The van der Waals surface area contributed by atoms with Crippen molar-refractivity contribution in [1.82, 2.24) is 19.1 Å². The summed E-state index contributed by atoms with van der Waals surface area (Å²) < 4.78 is 2.72. The molecule has 0 amide bonds. The SMILES string of the molecule is C/C(=N\Nc1nc2c(c(=O)[nH]c(=O)n2C)n1C)c1ccc([N+](=O)[O-])cc1. The first-order valence-electron chi connectivity index (χ1n) is 7.50. The van der Waals surface area contributed by atoms with Gasteiger partial charge in [0.05, 0.1) is 10.6 Å². The summed E-state index contributed by atoms with van der Waals surface area (Å²) in [5, 5.41) is 14.9. The van der Waals surface area contributed by atoms with Crippen LogP contribution in [0.5, 0.6) is 0 Å². The third-order valence-electron chi connectivity index (χ3n) is 3.95. The Morgan fingerprint density at radius 2 is 1.88 bits per heavy atom. The van der Waals surface area contributed by atoms with Crippen LogP contribution in [0.15, 0.2) is 39.0 Å². The Morgan fingerprint density at radius 3 is 2.50 bits per heavy atom. The standard InChI is InChI=1S/C15H15N7O4/c1-8(9-4-6-10(7-5-9)22(25)26)18-19-14-16-12-11(20(14)2)13(23)17-15(24)21(12)3/h4-7H,1-3H3,(H,16,19)(H,17,23,24)/b18-8+. The van der Waals surface area contributed by atoms with E-state index in [2.05, 4.69) is 20.5 Å². The van der Waals surface area contributed by atoms with Crippen molar-refractivity contribution in [2.45, 2.75) is 6.92 Å². The molecule has 2 heterocycles. The zero-order chi connectivity index (χ0) is 19.0. The van der Waals surface area contributed by atoms with Crippen LogP contribution in [0.4, 0.5) is 11.6 Å². The molecule has 0 aliphatic heterocycles. The number of rotatable bonds is 4. The molecule has 1 aromatic carbocycles. The second-order valence-electron chi connectivity index (χ2n) is 5.60. The van der Waals surface area contributed by atoms with Crippen LogP contribution in [0.25, 0.3) is 11.2 Å². The number of imidazole rings is 1. The zero-order valence-corrected chi connectivity index (χ0v) is 14.2. The number of nitrogens with one attached hydrogen (secondary N) is 2. The molecule has 0 unspecified atom stereocenters. The minimum Gasteiger partial charge on any atom is -0.306 e. The number of H-pyrrole nitrogens is 1. The van der Waals surface area contributed by atoms with Crippen LogP contribution in [0.2, 0.25) is 0 Å². The first-order chi connectivity index (χ1) is 12.3. The van der Waals surface area contributed by atoms with E-state index in [1.807, 2.05) is 0 Å². The molecule has 0 spiro atoms. The average Bonchev–Trinajstić information content (AvgIpc) is 2.95. The maximum absolute atomic E-state index is 12.0. The zero-order valence-electron chi connectivity index (χ0n) is 14.2. The number of anilines is 1. The molecule has 26 heavy (non-hydrogen) atoms. The van der Waals surface area contributed by atoms with Gasteiger partial charge in [-0.25, -0.2) is 10.2 Å². The van der Waals surface area contributed by atoms with Crippen molar-refractivity contribution in [3.63, 3.8) is 0 Å². The first kappa shape index (κ1) is 17.1. The number of nitro benzene ring substituents is 1. The number of aromatic amines is 1. The number of nitro groups is 1. The highest BCUT2D eigenvalue weighted by Gasteiger charge is 2.14. The minimum absolute atomic E-state index is 0.00926. The number of benzene rings is 1. The summed E-state index contributed by atoms with van der Waals surface area (Å²) in [6, 6.07) is 5.95. The van der Waals surface area contributed by atoms with E-state index in [0.29, 0.717) is 11.3 Å². The van der Waals surface area contributed by atoms with Crippen LogP contribution in [0.1, 0.15) is 12.5 Å². The number of aryl methyl sites for hydroxylation is 2. The van der Waals surface area contributed by atoms with Gasteiger partial charge in [0, 0.05) is 26.2 Å². The second-order valence-corrected chi connectivity index (χ2v) is 5.60. The Bertz CT molecular complexity index is 1150. The Kier molecular flexibility index (Phi) is 4.12. The quantitative estimate of drug-likeness (QED) is 0.400. The van der Waals surface area contributed by atoms with Gasteiger partial charge >= 0.3 is 5.69 Å². The van der Waals surface area contributed by atoms with E-state index in [-0.39, 0.29) is 22.8 Å². The number of hydrazone groups is 1. The van der Waals surface area contributed by atoms with Crippen LogP contribution >= 0.6 is 0 Å². The largest absolute Gasteiger partial charge is 0.329 e. The Hall–Kier alpha value is -3.76. The van der Waals surface area contributed by atoms with Gasteiger partial charge in [0.25, 0.3) is 11.2 Å². The van der Waals surface area contributed by atoms with Crippen molar-refractivity contribution in [2.75, 3.05) is 5.43 Å². The van der Waals surface area contributed by atoms with Crippen molar-refractivity contribution in [3.05, 3.63) is 60.8 Å². The van der Waals surface area contributed by atoms with Gasteiger partial charge in [-0.15, -0.1) is 0 Å². The monoisotopic (exact) mass is 357 g/mol. The maximum Gasteiger partial charge on any atom is 0.329 e. The van der Waals surface area contributed by atoms with Crippen LogP contribution in [0, 0.1) is 10.1 Å². The molecule has 0 aliphatic carbocycles. The third-order valence-corrected chi connectivity index (χ3v) is 3.95. The molecule has 0 saturated heterocycles. The predicted molar refractivity (Wildman–Crippen MR) is 95.5 cm³/mol. The molecule has 2 aromatic heterocycles. The van der Waals surface area contributed by atoms with Gasteiger partial charge in [-0.3, -0.25) is 24.5 Å². The topological polar surface area (TPSA) is 140 Å². The summed E-state index contributed by atoms with van der Waals surface area (Å²) in [6.07, 6.45) is 0. The molecule has 134 valence electrons. The van der Waals surface area contributed by atoms with Crippen molar-refractivity contribution < 1.29 is 4.92 Å². The smallest absolute Gasteiger partial charge is 0.306 e. The van der Waals surface area contributed by atoms with Gasteiger partial charge < -0.3 is 4.57 Å². The number of aromatic nitrogens is 4. The van der Waals surface area contributed by atoms with Crippen LogP contribution in [-0.2, 0) is 14.1 Å². The first-order valence-corrected chi connectivity index (χ1v) is 7.50. The summed E-state index contributed by atoms with van der Waals surface area (Å²) >= 11 is 0. The number of nitrogens with zero attached hydrogens (tertiary/aromatic N) is 5. The number of hydrogen-bond donors (Lipinski definition) is 2. The van der Waals surface area contributed by atoms with E-state index in [1.54, 1.807) is 26.1 Å². The summed E-state index contributed by atoms with van der Waals surface area (Å²) in [7, 11) is 3.12. The normalized spacial score (nSPS) is 11.7. The van der Waals surface area contributed by atoms with Crippen LogP contribution in [0.3, 0.4) is 0 Å². The van der Waals surface area contributed by atoms with Crippen molar-refractivity contribution in [2.24, 2.45) is 19.2 Å². The van der Waals surface area contributed by atoms with Crippen LogP contribution in [-0.4, -0.2) is 29.7 Å². The molecule has 0 saturated carbocycles. The Balaban J connectivity index is 1.95. The lowest BCUT2D eigenvalue weighted by atomic mass is 10.1. The third kappa shape index (κ3) is 2.85. The van der Waals surface area contributed by atoms with Crippen LogP contribution < -0.4 is 16.7 Å². The molecule has 0 fully saturated rings. The minimum atomic E-state index is -0.558. The Morgan fingerprint density at radius 1 is 1.23 bits per heavy atom. The van der Waals surface area contributed by atoms with Gasteiger partial charge in [-0.1, -0.05) is 0 Å². The van der Waals surface area contributed by atoms with Crippen molar-refractivity contribution >= 4 is 28.5 Å². The lowest BCUT2D eigenvalue weighted by molar-refractivity contribution is -0.384. The summed E-state index contributed by atoms with van der Waals surface area (Å²) in [5.74, 6) is 0.271. The lowest BCUT2D eigenvalue weighted by Gasteiger charge is -2.03. The van der Waals surface area contributed by atoms with Gasteiger partial charge in [0.15, 0.2) is 11.2 Å². The fraction of sp³-hybridized carbons (Fsp3) is 0.200. The number of non-ortho nitro benzene ring substituents is 1. The molecule has 0 aliphatic rings. The summed E-state index contributed by atoms with van der Waals surface area (Å²) in [6.45, 7) is 1.72. The highest BCUT2D eigenvalue weighted by molar-refractivity contribution is 5.99. The number of hydrogen-bond acceptors (Lipinski definition) is 7. The predicted octanol–water partition coefficient (Wildman–Crippen LogP) is 0.705. The van der Waals surface area contributed by atoms with E-state index in [4.69, 9.17) is 0 Å². The molecule has 3 aromatic rings. The van der Waals surface area contributed by atoms with Gasteiger partial charge in [0.1, 0.15) is 0 Å². The fourth-order valence-corrected chi connectivity index (χ4v) is 2.43. The molecule has 0 radical (unpaired) electrons. The van der Waals surface area contributed by atoms with E-state index in [1.165, 1.54) is 28.3 Å². The molecule has 3 rings (SSSR count). The van der Waals surface area contributed by atoms with Gasteiger partial charge in [0.2, 0.25) is 5.95 Å². The number of fused-ring (bicyclic) bond motifs is 1. The van der Waals surface area contributed by atoms with Gasteiger partial charge in [-0.05, 0) is 24.6 Å². The van der Waals surface area contributed by atoms with Gasteiger partial charge in [-0.2, -0.15) is 10.1 Å². The highest BCUT2D eigenvalue weighted by Crippen LogP contribution is 2.15. The summed E-state index contributed by atoms with van der Waals surface area (Å²) in [5.41, 5.74) is 3.36. The fourth-order valence-electron chi connectivity index (χ4n) is 2.43. The van der Waals surface area contributed by atoms with Crippen molar-refractivity contribution in [1.29, 1.82) is 0 Å². The van der Waals surface area contributed by atoms with E-state index in [0.717, 1.165) is 0 Å². The van der Waals surface area contributed by atoms with E-state index < -0.39 is 16.2 Å². The molecule has 11 nitrogen and oxygen atoms in total. The van der Waals surface area contributed by atoms with E-state index in [9.17, 15) is 19.7 Å².